The molecule has 3 aromatic rings. The van der Waals surface area contributed by atoms with Gasteiger partial charge >= 0.3 is 0 Å². The molecule has 0 aliphatic rings. The predicted octanol–water partition coefficient (Wildman–Crippen LogP) is 3.90. The number of halogens is 1. The first kappa shape index (κ1) is 13.4. The number of nitrogens with zero attached hydrogens (tertiary/aromatic N) is 2. The van der Waals surface area contributed by atoms with Crippen LogP contribution in [0.4, 0.5) is 15.8 Å². The Balaban J connectivity index is 1.95. The highest BCUT2D eigenvalue weighted by molar-refractivity contribution is 7.16. The lowest BCUT2D eigenvalue weighted by molar-refractivity contribution is 0.112. The van der Waals surface area contributed by atoms with Crippen molar-refractivity contribution in [1.29, 1.82) is 0 Å². The second-order valence-corrected chi connectivity index (χ2v) is 5.30. The normalized spacial score (nSPS) is 10.3. The average molecular weight is 299 g/mol. The summed E-state index contributed by atoms with van der Waals surface area (Å²) in [6.07, 6.45) is 5.73. The van der Waals surface area contributed by atoms with E-state index in [0.717, 1.165) is 28.1 Å². The van der Waals surface area contributed by atoms with Crippen LogP contribution < -0.4 is 5.32 Å². The van der Waals surface area contributed by atoms with Gasteiger partial charge in [-0.1, -0.05) is 0 Å². The van der Waals surface area contributed by atoms with Crippen molar-refractivity contribution in [3.8, 4) is 10.4 Å². The van der Waals surface area contributed by atoms with Crippen LogP contribution >= 0.6 is 11.3 Å². The number of nitrogens with one attached hydrogen (secondary N) is 1. The van der Waals surface area contributed by atoms with Gasteiger partial charge in [-0.3, -0.25) is 9.78 Å². The van der Waals surface area contributed by atoms with Gasteiger partial charge in [0.15, 0.2) is 11.3 Å². The van der Waals surface area contributed by atoms with Crippen molar-refractivity contribution in [3.63, 3.8) is 0 Å². The summed E-state index contributed by atoms with van der Waals surface area (Å²) >= 11 is 1.29. The third-order valence-electron chi connectivity index (χ3n) is 2.83. The van der Waals surface area contributed by atoms with Crippen LogP contribution in [-0.4, -0.2) is 16.3 Å². The molecule has 0 saturated carbocycles. The molecule has 0 fully saturated rings. The molecule has 0 atom stereocenters. The van der Waals surface area contributed by atoms with Gasteiger partial charge in [0, 0.05) is 29.8 Å². The van der Waals surface area contributed by atoms with E-state index in [0.29, 0.717) is 5.01 Å². The Morgan fingerprint density at radius 2 is 1.95 bits per heavy atom. The van der Waals surface area contributed by atoms with Crippen LogP contribution in [0.2, 0.25) is 0 Å². The molecule has 0 spiro atoms. The van der Waals surface area contributed by atoms with Crippen LogP contribution in [0.25, 0.3) is 10.4 Å². The fraction of sp³-hybridized carbons (Fsp3) is 0. The summed E-state index contributed by atoms with van der Waals surface area (Å²) in [5.41, 5.74) is 2.43. The second kappa shape index (κ2) is 5.80. The van der Waals surface area contributed by atoms with E-state index in [1.54, 1.807) is 30.7 Å². The first-order valence-corrected chi connectivity index (χ1v) is 6.96. The van der Waals surface area contributed by atoms with Crippen LogP contribution in [0.15, 0.2) is 48.9 Å². The predicted molar refractivity (Wildman–Crippen MR) is 80.4 cm³/mol. The van der Waals surface area contributed by atoms with E-state index in [9.17, 15) is 9.18 Å². The zero-order chi connectivity index (χ0) is 14.7. The van der Waals surface area contributed by atoms with Gasteiger partial charge in [0.2, 0.25) is 0 Å². The quantitative estimate of drug-likeness (QED) is 0.742. The number of benzene rings is 1. The molecule has 0 saturated heterocycles. The molecule has 0 amide bonds. The molecule has 3 rings (SSSR count). The molecule has 0 radical (unpaired) electrons. The summed E-state index contributed by atoms with van der Waals surface area (Å²) in [4.78, 5) is 19.7. The minimum absolute atomic E-state index is 0.284. The number of pyridine rings is 1. The number of aromatic nitrogens is 2. The molecule has 2 heterocycles. The fourth-order valence-electron chi connectivity index (χ4n) is 1.86. The van der Waals surface area contributed by atoms with Crippen LogP contribution in [-0.2, 0) is 0 Å². The zero-order valence-electron chi connectivity index (χ0n) is 10.8. The molecule has 0 bridgehead atoms. The van der Waals surface area contributed by atoms with Crippen LogP contribution in [0, 0.1) is 5.82 Å². The van der Waals surface area contributed by atoms with Crippen molar-refractivity contribution in [2.24, 2.45) is 0 Å². The van der Waals surface area contributed by atoms with Crippen LogP contribution in [0.3, 0.4) is 0 Å². The lowest BCUT2D eigenvalue weighted by atomic mass is 10.2. The highest BCUT2D eigenvalue weighted by Crippen LogP contribution is 2.32. The Hall–Kier alpha value is -2.60. The smallest absolute Gasteiger partial charge is 0.178 e. The van der Waals surface area contributed by atoms with E-state index < -0.39 is 0 Å². The van der Waals surface area contributed by atoms with E-state index in [2.05, 4.69) is 15.3 Å². The summed E-state index contributed by atoms with van der Waals surface area (Å²) < 4.78 is 12.9. The number of hydrogen-bond donors (Lipinski definition) is 1. The minimum Gasteiger partial charge on any atom is -0.355 e. The van der Waals surface area contributed by atoms with Gasteiger partial charge in [-0.25, -0.2) is 9.37 Å². The highest BCUT2D eigenvalue weighted by Gasteiger charge is 2.09. The number of hydrogen-bond acceptors (Lipinski definition) is 5. The molecule has 2 aromatic heterocycles. The third kappa shape index (κ3) is 2.95. The molecule has 1 aromatic carbocycles. The van der Waals surface area contributed by atoms with Gasteiger partial charge in [-0.2, -0.15) is 0 Å². The topological polar surface area (TPSA) is 54.9 Å². The maximum atomic E-state index is 12.9. The number of rotatable bonds is 4. The summed E-state index contributed by atoms with van der Waals surface area (Å²) in [6.45, 7) is 0. The van der Waals surface area contributed by atoms with E-state index in [4.69, 9.17) is 0 Å². The summed E-state index contributed by atoms with van der Waals surface area (Å²) in [7, 11) is 0. The van der Waals surface area contributed by atoms with Gasteiger partial charge in [0.1, 0.15) is 5.82 Å². The maximum Gasteiger partial charge on any atom is 0.178 e. The number of anilines is 2. The van der Waals surface area contributed by atoms with E-state index in [1.165, 1.54) is 23.5 Å². The molecule has 0 unspecified atom stereocenters. The highest BCUT2D eigenvalue weighted by atomic mass is 32.1. The van der Waals surface area contributed by atoms with E-state index in [1.807, 2.05) is 6.07 Å². The van der Waals surface area contributed by atoms with Crippen LogP contribution in [0.1, 0.15) is 9.80 Å². The number of carbonyl (C=O) groups excluding carboxylic acids is 1. The SMILES string of the molecule is O=Cc1ncc(-c2cnccc2Nc2ccc(F)cc2)s1. The van der Waals surface area contributed by atoms with Crippen molar-refractivity contribution < 1.29 is 9.18 Å². The molecule has 104 valence electrons. The lowest BCUT2D eigenvalue weighted by Gasteiger charge is -2.10. The third-order valence-corrected chi connectivity index (χ3v) is 3.79. The Morgan fingerprint density at radius 3 is 2.67 bits per heavy atom. The standard InChI is InChI=1S/C15H10FN3OS/c16-10-1-3-11(4-2-10)19-13-5-6-17-7-12(13)14-8-18-15(9-20)21-14/h1-9H,(H,17,19). The molecule has 21 heavy (non-hydrogen) atoms. The Kier molecular flexibility index (Phi) is 3.70. The van der Waals surface area contributed by atoms with Crippen molar-refractivity contribution in [2.45, 2.75) is 0 Å². The van der Waals surface area contributed by atoms with Crippen LogP contribution in [0.5, 0.6) is 0 Å². The molecule has 4 nitrogen and oxygen atoms in total. The summed E-state index contributed by atoms with van der Waals surface area (Å²) in [6, 6.07) is 7.91. The maximum absolute atomic E-state index is 12.9. The molecular formula is C15H10FN3OS. The Labute approximate surface area is 124 Å². The molecule has 6 heteroatoms. The van der Waals surface area contributed by atoms with Gasteiger partial charge in [-0.05, 0) is 30.3 Å². The van der Waals surface area contributed by atoms with Gasteiger partial charge in [0.05, 0.1) is 10.6 Å². The van der Waals surface area contributed by atoms with Gasteiger partial charge < -0.3 is 5.32 Å². The first-order valence-electron chi connectivity index (χ1n) is 6.14. The number of aldehydes is 1. The minimum atomic E-state index is -0.284. The Morgan fingerprint density at radius 1 is 1.14 bits per heavy atom. The monoisotopic (exact) mass is 299 g/mol. The van der Waals surface area contributed by atoms with Crippen molar-refractivity contribution in [3.05, 3.63) is 59.7 Å². The summed E-state index contributed by atoms with van der Waals surface area (Å²) in [5.74, 6) is -0.284. The second-order valence-electron chi connectivity index (χ2n) is 4.23. The lowest BCUT2D eigenvalue weighted by Crippen LogP contribution is -1.93. The fourth-order valence-corrected chi connectivity index (χ4v) is 2.61. The number of carbonyl (C=O) groups is 1. The molecule has 0 aliphatic heterocycles. The first-order chi connectivity index (χ1) is 10.3. The molecule has 1 N–H and O–H groups in total. The average Bonchev–Trinajstić information content (AvgIpc) is 2.99. The Bertz CT molecular complexity index is 771. The van der Waals surface area contributed by atoms with Gasteiger partial charge in [0.25, 0.3) is 0 Å². The van der Waals surface area contributed by atoms with Crippen molar-refractivity contribution in [1.82, 2.24) is 9.97 Å². The largest absolute Gasteiger partial charge is 0.355 e. The van der Waals surface area contributed by atoms with Crippen molar-refractivity contribution in [2.75, 3.05) is 5.32 Å². The van der Waals surface area contributed by atoms with Gasteiger partial charge in [-0.15, -0.1) is 11.3 Å². The number of thiazole rings is 1. The van der Waals surface area contributed by atoms with E-state index in [-0.39, 0.29) is 5.82 Å². The molecule has 0 aliphatic carbocycles. The summed E-state index contributed by atoms with van der Waals surface area (Å²) in [5, 5.41) is 3.63. The molecular weight excluding hydrogens is 289 g/mol. The zero-order valence-corrected chi connectivity index (χ0v) is 11.6. The van der Waals surface area contributed by atoms with Crippen molar-refractivity contribution >= 4 is 29.0 Å². The van der Waals surface area contributed by atoms with E-state index >= 15 is 0 Å².